The third-order valence-corrected chi connectivity index (χ3v) is 5.09. The highest BCUT2D eigenvalue weighted by Crippen LogP contribution is 2.22. The number of aliphatic imine (C=N–C) groups is 1. The summed E-state index contributed by atoms with van der Waals surface area (Å²) in [6, 6.07) is 12.6. The number of carbonyl (C=O) groups excluding carboxylic acids is 1. The van der Waals surface area contributed by atoms with Crippen molar-refractivity contribution in [3.8, 4) is 5.75 Å². The van der Waals surface area contributed by atoms with Crippen molar-refractivity contribution in [3.05, 3.63) is 88.5 Å². The molecule has 0 spiro atoms. The molecule has 8 nitrogen and oxygen atoms in total. The number of benzene rings is 1. The molecule has 0 fully saturated rings. The van der Waals surface area contributed by atoms with E-state index < -0.39 is 0 Å². The maximum absolute atomic E-state index is 12.6. The van der Waals surface area contributed by atoms with E-state index in [2.05, 4.69) is 15.4 Å². The molecule has 0 atom stereocenters. The van der Waals surface area contributed by atoms with E-state index in [4.69, 9.17) is 25.2 Å². The summed E-state index contributed by atoms with van der Waals surface area (Å²) in [5, 5.41) is 7.62. The van der Waals surface area contributed by atoms with Crippen molar-refractivity contribution >= 4 is 29.4 Å². The SMILES string of the molecule is Cc1cc(OCc2ccc(C=Nc3cnn(C)c3C(=O)NCc3ccco3)o2)ccc1Cl. The zero-order chi connectivity index (χ0) is 22.5. The van der Waals surface area contributed by atoms with Crippen LogP contribution in [0.4, 0.5) is 5.69 Å². The van der Waals surface area contributed by atoms with Crippen LogP contribution in [0.2, 0.25) is 5.02 Å². The van der Waals surface area contributed by atoms with Crippen LogP contribution in [0.5, 0.6) is 5.75 Å². The van der Waals surface area contributed by atoms with Gasteiger partial charge in [-0.15, -0.1) is 0 Å². The number of carbonyl (C=O) groups is 1. The largest absolute Gasteiger partial charge is 0.486 e. The maximum atomic E-state index is 12.6. The first-order chi connectivity index (χ1) is 15.5. The number of aromatic nitrogens is 2. The van der Waals surface area contributed by atoms with Crippen LogP contribution in [0.1, 0.15) is 33.3 Å². The zero-order valence-corrected chi connectivity index (χ0v) is 18.3. The van der Waals surface area contributed by atoms with Gasteiger partial charge in [0.1, 0.15) is 35.3 Å². The fourth-order valence-corrected chi connectivity index (χ4v) is 3.10. The zero-order valence-electron chi connectivity index (χ0n) is 17.5. The second-order valence-electron chi connectivity index (χ2n) is 7.03. The molecule has 0 unspecified atom stereocenters. The molecule has 0 aliphatic carbocycles. The van der Waals surface area contributed by atoms with E-state index in [1.165, 1.54) is 17.1 Å². The van der Waals surface area contributed by atoms with Gasteiger partial charge in [-0.2, -0.15) is 5.10 Å². The Morgan fingerprint density at radius 2 is 2.16 bits per heavy atom. The summed E-state index contributed by atoms with van der Waals surface area (Å²) in [5.41, 5.74) is 1.70. The van der Waals surface area contributed by atoms with Gasteiger partial charge < -0.3 is 18.9 Å². The van der Waals surface area contributed by atoms with Crippen molar-refractivity contribution in [2.24, 2.45) is 12.0 Å². The standard InChI is InChI=1S/C23H21ClN4O4/c1-15-10-16(7-8-20(15)24)31-14-19-6-5-18(32-19)12-25-21-13-27-28(2)22(21)23(29)26-11-17-4-3-9-30-17/h3-10,12-13H,11,14H2,1-2H3,(H,26,29). The van der Waals surface area contributed by atoms with Crippen LogP contribution in [0.25, 0.3) is 0 Å². The first kappa shape index (κ1) is 21.5. The van der Waals surface area contributed by atoms with Gasteiger partial charge in [-0.25, -0.2) is 4.99 Å². The van der Waals surface area contributed by atoms with E-state index in [1.807, 2.05) is 25.1 Å². The van der Waals surface area contributed by atoms with Crippen LogP contribution in [0.3, 0.4) is 0 Å². The molecule has 0 radical (unpaired) electrons. The molecule has 9 heteroatoms. The minimum atomic E-state index is -0.305. The third-order valence-electron chi connectivity index (χ3n) is 4.66. The molecule has 1 N–H and O–H groups in total. The summed E-state index contributed by atoms with van der Waals surface area (Å²) in [5.74, 6) is 2.23. The van der Waals surface area contributed by atoms with Crippen LogP contribution in [-0.4, -0.2) is 21.9 Å². The predicted molar refractivity (Wildman–Crippen MR) is 120 cm³/mol. The van der Waals surface area contributed by atoms with Gasteiger partial charge in [0.25, 0.3) is 5.91 Å². The van der Waals surface area contributed by atoms with Crippen LogP contribution < -0.4 is 10.1 Å². The van der Waals surface area contributed by atoms with Crippen molar-refractivity contribution in [2.75, 3.05) is 0 Å². The summed E-state index contributed by atoms with van der Waals surface area (Å²) in [4.78, 5) is 17.0. The fraction of sp³-hybridized carbons (Fsp3) is 0.174. The maximum Gasteiger partial charge on any atom is 0.272 e. The summed E-state index contributed by atoms with van der Waals surface area (Å²) < 4.78 is 18.2. The third kappa shape index (κ3) is 5.09. The minimum Gasteiger partial charge on any atom is -0.486 e. The molecule has 0 saturated heterocycles. The summed E-state index contributed by atoms with van der Waals surface area (Å²) in [6.45, 7) is 2.46. The van der Waals surface area contributed by atoms with Crippen LogP contribution in [0, 0.1) is 6.92 Å². The van der Waals surface area contributed by atoms with Crippen LogP contribution in [0.15, 0.2) is 68.8 Å². The molecular formula is C23H21ClN4O4. The Labute approximate surface area is 189 Å². The predicted octanol–water partition coefficient (Wildman–Crippen LogP) is 4.83. The smallest absolute Gasteiger partial charge is 0.272 e. The van der Waals surface area contributed by atoms with Gasteiger partial charge in [0, 0.05) is 12.1 Å². The van der Waals surface area contributed by atoms with E-state index in [-0.39, 0.29) is 19.1 Å². The number of hydrogen-bond acceptors (Lipinski definition) is 6. The number of halogens is 1. The molecule has 0 aliphatic rings. The number of furan rings is 2. The number of nitrogens with zero attached hydrogens (tertiary/aromatic N) is 3. The second-order valence-corrected chi connectivity index (χ2v) is 7.43. The second kappa shape index (κ2) is 9.57. The van der Waals surface area contributed by atoms with Crippen LogP contribution >= 0.6 is 11.6 Å². The molecular weight excluding hydrogens is 432 g/mol. The van der Waals surface area contributed by atoms with Gasteiger partial charge in [0.05, 0.1) is 25.2 Å². The number of amides is 1. The average Bonchev–Trinajstić information content (AvgIpc) is 3.53. The van der Waals surface area contributed by atoms with Gasteiger partial charge in [-0.1, -0.05) is 11.6 Å². The number of nitrogens with one attached hydrogen (secondary N) is 1. The van der Waals surface area contributed by atoms with E-state index in [0.29, 0.717) is 39.4 Å². The Morgan fingerprint density at radius 1 is 1.28 bits per heavy atom. The Morgan fingerprint density at radius 3 is 2.94 bits per heavy atom. The summed E-state index contributed by atoms with van der Waals surface area (Å²) in [6.07, 6.45) is 4.62. The van der Waals surface area contributed by atoms with Crippen molar-refractivity contribution in [1.29, 1.82) is 0 Å². The normalized spacial score (nSPS) is 11.2. The summed E-state index contributed by atoms with van der Waals surface area (Å²) >= 11 is 6.04. The number of ether oxygens (including phenoxy) is 1. The van der Waals surface area contributed by atoms with Gasteiger partial charge in [-0.05, 0) is 55.0 Å². The van der Waals surface area contributed by atoms with Gasteiger partial charge >= 0.3 is 0 Å². The van der Waals surface area contributed by atoms with E-state index in [1.54, 1.807) is 37.6 Å². The van der Waals surface area contributed by atoms with Gasteiger partial charge in [0.15, 0.2) is 5.69 Å². The highest BCUT2D eigenvalue weighted by Gasteiger charge is 2.16. The lowest BCUT2D eigenvalue weighted by atomic mass is 10.2. The Bertz CT molecular complexity index is 1240. The van der Waals surface area contributed by atoms with Crippen molar-refractivity contribution in [1.82, 2.24) is 15.1 Å². The highest BCUT2D eigenvalue weighted by atomic mass is 35.5. The Hall–Kier alpha value is -3.78. The summed E-state index contributed by atoms with van der Waals surface area (Å²) in [7, 11) is 1.68. The topological polar surface area (TPSA) is 94.8 Å². The monoisotopic (exact) mass is 452 g/mol. The van der Waals surface area contributed by atoms with Crippen molar-refractivity contribution in [3.63, 3.8) is 0 Å². The van der Waals surface area contributed by atoms with Gasteiger partial charge in [-0.3, -0.25) is 9.48 Å². The molecule has 164 valence electrons. The highest BCUT2D eigenvalue weighted by molar-refractivity contribution is 6.31. The minimum absolute atomic E-state index is 0.266. The van der Waals surface area contributed by atoms with E-state index >= 15 is 0 Å². The van der Waals surface area contributed by atoms with E-state index in [0.717, 1.165) is 5.56 Å². The average molecular weight is 453 g/mol. The van der Waals surface area contributed by atoms with E-state index in [9.17, 15) is 4.79 Å². The molecule has 32 heavy (non-hydrogen) atoms. The molecule has 4 rings (SSSR count). The quantitative estimate of drug-likeness (QED) is 0.386. The van der Waals surface area contributed by atoms with Crippen LogP contribution in [-0.2, 0) is 20.2 Å². The fourth-order valence-electron chi connectivity index (χ4n) is 2.98. The number of rotatable bonds is 8. The molecule has 0 saturated carbocycles. The van der Waals surface area contributed by atoms with Crippen molar-refractivity contribution < 1.29 is 18.4 Å². The Balaban J connectivity index is 1.39. The van der Waals surface area contributed by atoms with Crippen molar-refractivity contribution in [2.45, 2.75) is 20.1 Å². The molecule has 3 heterocycles. The molecule has 1 aromatic carbocycles. The molecule has 3 aromatic heterocycles. The number of hydrogen-bond donors (Lipinski definition) is 1. The molecule has 0 bridgehead atoms. The molecule has 0 aliphatic heterocycles. The lowest BCUT2D eigenvalue weighted by Gasteiger charge is -2.06. The lowest BCUT2D eigenvalue weighted by molar-refractivity contribution is 0.0939. The molecule has 4 aromatic rings. The first-order valence-electron chi connectivity index (χ1n) is 9.84. The first-order valence-corrected chi connectivity index (χ1v) is 10.2. The van der Waals surface area contributed by atoms with Gasteiger partial charge in [0.2, 0.25) is 0 Å². The lowest BCUT2D eigenvalue weighted by Crippen LogP contribution is -2.25. The number of aryl methyl sites for hydroxylation is 2. The molecule has 1 amide bonds. The Kier molecular flexibility index (Phi) is 6.42.